The number of hydrogen-bond donors (Lipinski definition) is 3. The number of ether oxygens (including phenoxy) is 1. The van der Waals surface area contributed by atoms with Gasteiger partial charge in [-0.1, -0.05) is 0 Å². The van der Waals surface area contributed by atoms with Gasteiger partial charge in [-0.15, -0.1) is 0 Å². The smallest absolute Gasteiger partial charge is 0.237 e. The van der Waals surface area contributed by atoms with Crippen LogP contribution in [0.5, 0.6) is 0 Å². The Labute approximate surface area is 112 Å². The Bertz CT molecular complexity index is 380. The number of furan rings is 1. The molecule has 1 aliphatic rings. The van der Waals surface area contributed by atoms with Gasteiger partial charge in [0.2, 0.25) is 5.91 Å². The molecule has 0 saturated carbocycles. The summed E-state index contributed by atoms with van der Waals surface area (Å²) in [6.45, 7) is 1.64. The second-order valence-electron chi connectivity index (χ2n) is 4.64. The summed E-state index contributed by atoms with van der Waals surface area (Å²) in [5.41, 5.74) is 0. The van der Waals surface area contributed by atoms with E-state index in [9.17, 15) is 9.90 Å². The third kappa shape index (κ3) is 4.66. The Kier molecular flexibility index (Phi) is 5.38. The fourth-order valence-corrected chi connectivity index (χ4v) is 1.99. The van der Waals surface area contributed by atoms with Crippen molar-refractivity contribution in [1.82, 2.24) is 10.6 Å². The second-order valence-corrected chi connectivity index (χ2v) is 4.64. The monoisotopic (exact) mass is 268 g/mol. The van der Waals surface area contributed by atoms with Gasteiger partial charge in [0.15, 0.2) is 0 Å². The number of carbonyl (C=O) groups is 1. The fourth-order valence-electron chi connectivity index (χ4n) is 1.99. The number of piperidine rings is 1. The highest BCUT2D eigenvalue weighted by atomic mass is 16.5. The summed E-state index contributed by atoms with van der Waals surface area (Å²) >= 11 is 0. The minimum absolute atomic E-state index is 0.00922. The van der Waals surface area contributed by atoms with Crippen molar-refractivity contribution in [2.75, 3.05) is 19.7 Å². The van der Waals surface area contributed by atoms with Crippen LogP contribution in [0.2, 0.25) is 0 Å². The van der Waals surface area contributed by atoms with Crippen LogP contribution in [0, 0.1) is 0 Å². The van der Waals surface area contributed by atoms with Gasteiger partial charge in [0.05, 0.1) is 25.0 Å². The first-order chi connectivity index (χ1) is 9.25. The number of hydrogen-bond acceptors (Lipinski definition) is 5. The van der Waals surface area contributed by atoms with Crippen LogP contribution in [-0.4, -0.2) is 42.9 Å². The highest BCUT2D eigenvalue weighted by Gasteiger charge is 2.21. The summed E-state index contributed by atoms with van der Waals surface area (Å²) in [7, 11) is 0. The Morgan fingerprint density at radius 3 is 3.26 bits per heavy atom. The average molecular weight is 268 g/mol. The summed E-state index contributed by atoms with van der Waals surface area (Å²) in [5, 5.41) is 15.6. The molecule has 0 aliphatic carbocycles. The summed E-state index contributed by atoms with van der Waals surface area (Å²) in [6.07, 6.45) is 2.73. The van der Waals surface area contributed by atoms with Gasteiger partial charge in [-0.3, -0.25) is 4.79 Å². The van der Waals surface area contributed by atoms with Crippen LogP contribution in [0.25, 0.3) is 0 Å². The number of aliphatic hydroxyl groups is 1. The fraction of sp³-hybridized carbons (Fsp3) is 0.615. The molecule has 2 unspecified atom stereocenters. The molecule has 6 heteroatoms. The van der Waals surface area contributed by atoms with E-state index in [0.717, 1.165) is 25.1 Å². The van der Waals surface area contributed by atoms with Crippen LogP contribution in [0.4, 0.5) is 0 Å². The van der Waals surface area contributed by atoms with Crippen molar-refractivity contribution in [2.45, 2.75) is 31.6 Å². The number of rotatable bonds is 7. The van der Waals surface area contributed by atoms with Gasteiger partial charge in [0.1, 0.15) is 12.4 Å². The first-order valence-electron chi connectivity index (χ1n) is 6.55. The molecule has 0 radical (unpaired) electrons. The number of aliphatic hydroxyl groups excluding tert-OH is 1. The van der Waals surface area contributed by atoms with Gasteiger partial charge in [0, 0.05) is 13.1 Å². The molecule has 1 fully saturated rings. The topological polar surface area (TPSA) is 83.7 Å². The first kappa shape index (κ1) is 14.0. The SMILES string of the molecule is O=C1NCCCC1NCC(O)COCc1ccco1. The predicted octanol–water partition coefficient (Wildman–Crippen LogP) is 0.0253. The van der Waals surface area contributed by atoms with E-state index < -0.39 is 6.10 Å². The molecule has 0 spiro atoms. The summed E-state index contributed by atoms with van der Waals surface area (Å²) in [6, 6.07) is 3.41. The van der Waals surface area contributed by atoms with Crippen LogP contribution in [0.3, 0.4) is 0 Å². The molecule has 1 aromatic heterocycles. The Balaban J connectivity index is 1.58. The lowest BCUT2D eigenvalue weighted by Gasteiger charge is -2.24. The van der Waals surface area contributed by atoms with Crippen LogP contribution >= 0.6 is 0 Å². The zero-order chi connectivity index (χ0) is 13.5. The van der Waals surface area contributed by atoms with Gasteiger partial charge in [-0.2, -0.15) is 0 Å². The lowest BCUT2D eigenvalue weighted by Crippen LogP contribution is -2.50. The second kappa shape index (κ2) is 7.28. The van der Waals surface area contributed by atoms with Crippen molar-refractivity contribution in [1.29, 1.82) is 0 Å². The highest BCUT2D eigenvalue weighted by Crippen LogP contribution is 2.04. The maximum Gasteiger partial charge on any atom is 0.237 e. The van der Waals surface area contributed by atoms with Gasteiger partial charge < -0.3 is 24.9 Å². The quantitative estimate of drug-likeness (QED) is 0.649. The maximum absolute atomic E-state index is 11.5. The lowest BCUT2D eigenvalue weighted by molar-refractivity contribution is -0.124. The zero-order valence-electron chi connectivity index (χ0n) is 10.8. The number of nitrogens with one attached hydrogen (secondary N) is 2. The summed E-state index contributed by atoms with van der Waals surface area (Å²) in [4.78, 5) is 11.5. The van der Waals surface area contributed by atoms with E-state index in [1.54, 1.807) is 12.3 Å². The van der Waals surface area contributed by atoms with Gasteiger partial charge in [-0.25, -0.2) is 0 Å². The Morgan fingerprint density at radius 2 is 2.53 bits per heavy atom. The summed E-state index contributed by atoms with van der Waals surface area (Å²) in [5.74, 6) is 0.738. The van der Waals surface area contributed by atoms with Crippen LogP contribution < -0.4 is 10.6 Å². The highest BCUT2D eigenvalue weighted by molar-refractivity contribution is 5.82. The Hall–Kier alpha value is -1.37. The van der Waals surface area contributed by atoms with Crippen molar-refractivity contribution in [3.05, 3.63) is 24.2 Å². The van der Waals surface area contributed by atoms with Crippen LogP contribution in [0.15, 0.2) is 22.8 Å². The van der Waals surface area contributed by atoms with Crippen molar-refractivity contribution in [3.8, 4) is 0 Å². The molecule has 1 aliphatic heterocycles. The molecule has 0 aromatic carbocycles. The molecule has 6 nitrogen and oxygen atoms in total. The molecule has 19 heavy (non-hydrogen) atoms. The molecule has 3 N–H and O–H groups in total. The van der Waals surface area contributed by atoms with E-state index in [1.807, 2.05) is 6.07 Å². The molecular formula is C13H20N2O4. The molecule has 1 amide bonds. The zero-order valence-corrected chi connectivity index (χ0v) is 10.8. The summed E-state index contributed by atoms with van der Waals surface area (Å²) < 4.78 is 10.4. The minimum Gasteiger partial charge on any atom is -0.467 e. The third-order valence-electron chi connectivity index (χ3n) is 3.02. The molecule has 2 rings (SSSR count). The van der Waals surface area contributed by atoms with E-state index in [2.05, 4.69) is 10.6 Å². The van der Waals surface area contributed by atoms with Crippen molar-refractivity contribution in [2.24, 2.45) is 0 Å². The Morgan fingerprint density at radius 1 is 1.63 bits per heavy atom. The standard InChI is InChI=1S/C13H20N2O4/c16-10(8-18-9-11-3-2-6-19-11)7-15-12-4-1-5-14-13(12)17/h2-3,6,10,12,15-16H,1,4-5,7-9H2,(H,14,17). The van der Waals surface area contributed by atoms with Crippen molar-refractivity contribution in [3.63, 3.8) is 0 Å². The lowest BCUT2D eigenvalue weighted by atomic mass is 10.1. The largest absolute Gasteiger partial charge is 0.467 e. The molecule has 2 heterocycles. The van der Waals surface area contributed by atoms with Crippen molar-refractivity contribution >= 4 is 5.91 Å². The predicted molar refractivity (Wildman–Crippen MR) is 68.4 cm³/mol. The van der Waals surface area contributed by atoms with E-state index >= 15 is 0 Å². The van der Waals surface area contributed by atoms with Crippen LogP contribution in [-0.2, 0) is 16.1 Å². The van der Waals surface area contributed by atoms with Gasteiger partial charge >= 0.3 is 0 Å². The molecule has 106 valence electrons. The van der Waals surface area contributed by atoms with E-state index in [4.69, 9.17) is 9.15 Å². The van der Waals surface area contributed by atoms with E-state index in [-0.39, 0.29) is 18.6 Å². The minimum atomic E-state index is -0.635. The van der Waals surface area contributed by atoms with E-state index in [1.165, 1.54) is 0 Å². The molecule has 1 aromatic rings. The first-order valence-corrected chi connectivity index (χ1v) is 6.55. The third-order valence-corrected chi connectivity index (χ3v) is 3.02. The molecule has 0 bridgehead atoms. The molecule has 2 atom stereocenters. The maximum atomic E-state index is 11.5. The normalized spacial score (nSPS) is 21.1. The van der Waals surface area contributed by atoms with Gasteiger partial charge in [-0.05, 0) is 25.0 Å². The van der Waals surface area contributed by atoms with E-state index in [0.29, 0.717) is 13.2 Å². The molecular weight excluding hydrogens is 248 g/mol. The average Bonchev–Trinajstić information content (AvgIpc) is 2.91. The van der Waals surface area contributed by atoms with Crippen LogP contribution in [0.1, 0.15) is 18.6 Å². The number of carbonyl (C=O) groups excluding carboxylic acids is 1. The molecule has 1 saturated heterocycles. The number of amides is 1. The van der Waals surface area contributed by atoms with Crippen molar-refractivity contribution < 1.29 is 19.1 Å². The van der Waals surface area contributed by atoms with Gasteiger partial charge in [0.25, 0.3) is 0 Å².